The third kappa shape index (κ3) is 1.44. The zero-order valence-electron chi connectivity index (χ0n) is 9.48. The molecule has 2 saturated carbocycles. The third-order valence-electron chi connectivity index (χ3n) is 4.11. The van der Waals surface area contributed by atoms with Crippen LogP contribution in [0.2, 0.25) is 0 Å². The molecule has 0 amide bonds. The fourth-order valence-corrected chi connectivity index (χ4v) is 3.32. The van der Waals surface area contributed by atoms with Gasteiger partial charge in [0.05, 0.1) is 7.11 Å². The minimum atomic E-state index is 0.304. The van der Waals surface area contributed by atoms with Gasteiger partial charge in [0.25, 0.3) is 0 Å². The zero-order valence-corrected chi connectivity index (χ0v) is 9.48. The second kappa shape index (κ2) is 3.62. The highest BCUT2D eigenvalue weighted by molar-refractivity contribution is 5.85. The minimum absolute atomic E-state index is 0.304. The van der Waals surface area contributed by atoms with Crippen molar-refractivity contribution < 1.29 is 9.53 Å². The number of carbonyl (C=O) groups excluding carboxylic acids is 1. The fraction of sp³-hybridized carbons (Fsp3) is 0.500. The van der Waals surface area contributed by atoms with E-state index in [4.69, 9.17) is 4.74 Å². The Kier molecular flexibility index (Phi) is 2.23. The molecule has 0 unspecified atom stereocenters. The van der Waals surface area contributed by atoms with Crippen LogP contribution in [0.5, 0.6) is 5.75 Å². The first-order valence-electron chi connectivity index (χ1n) is 5.94. The van der Waals surface area contributed by atoms with Crippen LogP contribution in [0.15, 0.2) is 24.3 Å². The zero-order chi connectivity index (χ0) is 11.1. The molecule has 2 nitrogen and oxygen atoms in total. The summed E-state index contributed by atoms with van der Waals surface area (Å²) in [7, 11) is 1.68. The number of rotatable bonds is 2. The van der Waals surface area contributed by atoms with Crippen LogP contribution in [0.4, 0.5) is 0 Å². The Balaban J connectivity index is 1.85. The van der Waals surface area contributed by atoms with Crippen molar-refractivity contribution in [2.24, 2.45) is 11.8 Å². The predicted molar refractivity (Wildman–Crippen MR) is 61.6 cm³/mol. The lowest BCUT2D eigenvalue weighted by Crippen LogP contribution is -2.17. The van der Waals surface area contributed by atoms with Gasteiger partial charge >= 0.3 is 0 Å². The van der Waals surface area contributed by atoms with Crippen LogP contribution in [0.1, 0.15) is 30.7 Å². The summed E-state index contributed by atoms with van der Waals surface area (Å²) in [5, 5.41) is 0. The van der Waals surface area contributed by atoms with Crippen LogP contribution in [-0.2, 0) is 4.79 Å². The van der Waals surface area contributed by atoms with E-state index in [1.54, 1.807) is 7.11 Å². The molecule has 0 saturated heterocycles. The Labute approximate surface area is 95.6 Å². The van der Waals surface area contributed by atoms with Crippen molar-refractivity contribution in [2.75, 3.05) is 7.11 Å². The average Bonchev–Trinajstić information content (AvgIpc) is 2.88. The van der Waals surface area contributed by atoms with E-state index in [9.17, 15) is 4.79 Å². The van der Waals surface area contributed by atoms with Crippen molar-refractivity contribution in [1.29, 1.82) is 0 Å². The minimum Gasteiger partial charge on any atom is -0.497 e. The number of benzene rings is 1. The molecule has 84 valence electrons. The molecular formula is C14H16O2. The maximum Gasteiger partial charge on any atom is 0.136 e. The Hall–Kier alpha value is -1.31. The van der Waals surface area contributed by atoms with E-state index in [1.165, 1.54) is 12.0 Å². The standard InChI is InChI=1S/C14H16O2/c1-16-11-4-2-10(3-5-11)12-6-9-7-13(12)14(15)8-9/h2-5,9,12-13H,6-8H2,1H3/t9-,12-,13+/m1/s1. The number of hydrogen-bond acceptors (Lipinski definition) is 2. The molecule has 2 aliphatic rings. The first-order chi connectivity index (χ1) is 7.78. The van der Waals surface area contributed by atoms with E-state index in [2.05, 4.69) is 12.1 Å². The number of fused-ring (bicyclic) bond motifs is 2. The third-order valence-corrected chi connectivity index (χ3v) is 4.11. The lowest BCUT2D eigenvalue weighted by Gasteiger charge is -2.21. The Morgan fingerprint density at radius 2 is 1.81 bits per heavy atom. The van der Waals surface area contributed by atoms with E-state index in [1.807, 2.05) is 12.1 Å². The van der Waals surface area contributed by atoms with Crippen molar-refractivity contribution >= 4 is 5.78 Å². The Morgan fingerprint density at radius 1 is 1.12 bits per heavy atom. The van der Waals surface area contributed by atoms with Crippen LogP contribution in [0.25, 0.3) is 0 Å². The quantitative estimate of drug-likeness (QED) is 0.759. The molecule has 1 aromatic rings. The normalized spacial score (nSPS) is 32.1. The largest absolute Gasteiger partial charge is 0.497 e. The summed E-state index contributed by atoms with van der Waals surface area (Å²) < 4.78 is 5.15. The lowest BCUT2D eigenvalue weighted by molar-refractivity contribution is -0.122. The summed E-state index contributed by atoms with van der Waals surface area (Å²) in [6.45, 7) is 0. The van der Waals surface area contributed by atoms with Crippen molar-refractivity contribution in [1.82, 2.24) is 0 Å². The predicted octanol–water partition coefficient (Wildman–Crippen LogP) is 2.78. The smallest absolute Gasteiger partial charge is 0.136 e. The van der Waals surface area contributed by atoms with Gasteiger partial charge in [-0.25, -0.2) is 0 Å². The molecule has 2 aliphatic carbocycles. The summed E-state index contributed by atoms with van der Waals surface area (Å²) in [5.41, 5.74) is 1.31. The second-order valence-corrected chi connectivity index (χ2v) is 4.99. The monoisotopic (exact) mass is 216 g/mol. The maximum absolute atomic E-state index is 11.7. The van der Waals surface area contributed by atoms with Crippen molar-refractivity contribution in [3.63, 3.8) is 0 Å². The highest BCUT2D eigenvalue weighted by Crippen LogP contribution is 2.51. The second-order valence-electron chi connectivity index (χ2n) is 4.99. The van der Waals surface area contributed by atoms with E-state index >= 15 is 0 Å². The molecule has 0 spiro atoms. The first-order valence-corrected chi connectivity index (χ1v) is 5.94. The molecule has 2 heteroatoms. The van der Waals surface area contributed by atoms with Gasteiger partial charge in [-0.15, -0.1) is 0 Å². The molecule has 1 aromatic carbocycles. The molecule has 0 N–H and O–H groups in total. The van der Waals surface area contributed by atoms with Crippen LogP contribution in [0, 0.1) is 11.8 Å². The number of Topliss-reactive ketones (excluding diaryl/α,β-unsaturated/α-hetero) is 1. The van der Waals surface area contributed by atoms with Gasteiger partial charge in [-0.3, -0.25) is 4.79 Å². The SMILES string of the molecule is COc1ccc([C@H]2C[C@H]3CC(=O)[C@H]2C3)cc1. The molecule has 16 heavy (non-hydrogen) atoms. The maximum atomic E-state index is 11.7. The summed E-state index contributed by atoms with van der Waals surface area (Å²) in [4.78, 5) is 11.7. The van der Waals surface area contributed by atoms with Crippen molar-refractivity contribution in [2.45, 2.75) is 25.2 Å². The topological polar surface area (TPSA) is 26.3 Å². The van der Waals surface area contributed by atoms with Gasteiger partial charge in [-0.05, 0) is 42.4 Å². The van der Waals surface area contributed by atoms with E-state index in [0.29, 0.717) is 23.5 Å². The first kappa shape index (κ1) is 9.88. The van der Waals surface area contributed by atoms with E-state index in [0.717, 1.165) is 18.6 Å². The number of ether oxygens (including phenoxy) is 1. The average molecular weight is 216 g/mol. The summed E-state index contributed by atoms with van der Waals surface area (Å²) in [5.74, 6) is 2.80. The van der Waals surface area contributed by atoms with Gasteiger partial charge in [0.2, 0.25) is 0 Å². The molecule has 3 rings (SSSR count). The molecule has 3 atom stereocenters. The number of ketones is 1. The molecule has 2 bridgehead atoms. The molecular weight excluding hydrogens is 200 g/mol. The van der Waals surface area contributed by atoms with Gasteiger partial charge in [0, 0.05) is 12.3 Å². The van der Waals surface area contributed by atoms with Crippen molar-refractivity contribution in [3.05, 3.63) is 29.8 Å². The highest BCUT2D eigenvalue weighted by atomic mass is 16.5. The van der Waals surface area contributed by atoms with Crippen LogP contribution < -0.4 is 4.74 Å². The van der Waals surface area contributed by atoms with Crippen LogP contribution in [0.3, 0.4) is 0 Å². The van der Waals surface area contributed by atoms with Gasteiger partial charge in [0.1, 0.15) is 11.5 Å². The summed E-state index contributed by atoms with van der Waals surface area (Å²) in [6.07, 6.45) is 3.15. The summed E-state index contributed by atoms with van der Waals surface area (Å²) in [6, 6.07) is 8.20. The van der Waals surface area contributed by atoms with E-state index < -0.39 is 0 Å². The summed E-state index contributed by atoms with van der Waals surface area (Å²) >= 11 is 0. The molecule has 0 radical (unpaired) electrons. The molecule has 0 aromatic heterocycles. The van der Waals surface area contributed by atoms with Gasteiger partial charge in [-0.2, -0.15) is 0 Å². The van der Waals surface area contributed by atoms with Crippen molar-refractivity contribution in [3.8, 4) is 5.75 Å². The van der Waals surface area contributed by atoms with Gasteiger partial charge < -0.3 is 4.74 Å². The Bertz CT molecular complexity index is 407. The highest BCUT2D eigenvalue weighted by Gasteiger charge is 2.45. The molecule has 0 aliphatic heterocycles. The van der Waals surface area contributed by atoms with Crippen LogP contribution >= 0.6 is 0 Å². The number of hydrogen-bond donors (Lipinski definition) is 0. The number of methoxy groups -OCH3 is 1. The fourth-order valence-electron chi connectivity index (χ4n) is 3.32. The Morgan fingerprint density at radius 3 is 2.38 bits per heavy atom. The molecule has 2 fully saturated rings. The molecule has 0 heterocycles. The number of carbonyl (C=O) groups is 1. The van der Waals surface area contributed by atoms with E-state index in [-0.39, 0.29) is 0 Å². The van der Waals surface area contributed by atoms with Crippen LogP contribution in [-0.4, -0.2) is 12.9 Å². The van der Waals surface area contributed by atoms with Gasteiger partial charge in [0.15, 0.2) is 0 Å². The van der Waals surface area contributed by atoms with Gasteiger partial charge in [-0.1, -0.05) is 12.1 Å². The lowest BCUT2D eigenvalue weighted by atomic mass is 9.83.